The van der Waals surface area contributed by atoms with Crippen LogP contribution in [0, 0.1) is 0 Å². The van der Waals surface area contributed by atoms with E-state index in [1.165, 1.54) is 70.6 Å². The first-order chi connectivity index (χ1) is 29.2. The van der Waals surface area contributed by atoms with Crippen molar-refractivity contribution in [1.29, 1.82) is 0 Å². The molecule has 344 valence electrons. The Morgan fingerprint density at radius 1 is 0.550 bits per heavy atom. The van der Waals surface area contributed by atoms with Gasteiger partial charge >= 0.3 is 19.8 Å². The first kappa shape index (κ1) is 57.1. The SMILES string of the molecule is CC/C=C\C/C=C\C/C=C\C/C=C\C/C=C\C/C=C\CCCCC(=O)OC(COCCCCCCCC/C=C\CCCCCCCCC)COP(=O)(O)OCC(N)C(=O)O. The summed E-state index contributed by atoms with van der Waals surface area (Å²) < 4.78 is 33.4. The van der Waals surface area contributed by atoms with Gasteiger partial charge in [0, 0.05) is 13.0 Å². The van der Waals surface area contributed by atoms with Crippen LogP contribution in [-0.4, -0.2) is 60.5 Å². The molecule has 0 aliphatic carbocycles. The van der Waals surface area contributed by atoms with E-state index in [2.05, 4.69) is 98.9 Å². The topological polar surface area (TPSA) is 155 Å². The second-order valence-corrected chi connectivity index (χ2v) is 16.6. The van der Waals surface area contributed by atoms with Crippen molar-refractivity contribution in [2.75, 3.05) is 26.4 Å². The summed E-state index contributed by atoms with van der Waals surface area (Å²) >= 11 is 0. The molecule has 3 unspecified atom stereocenters. The average molecular weight is 862 g/mol. The van der Waals surface area contributed by atoms with Crippen molar-refractivity contribution in [2.45, 2.75) is 187 Å². The van der Waals surface area contributed by atoms with Gasteiger partial charge in [-0.1, -0.05) is 163 Å². The number of allylic oxidation sites excluding steroid dienone is 14. The third-order valence-electron chi connectivity index (χ3n) is 9.41. The molecule has 60 heavy (non-hydrogen) atoms. The molecule has 0 aliphatic rings. The number of phosphoric ester groups is 1. The molecule has 0 spiro atoms. The molecule has 0 rings (SSSR count). The van der Waals surface area contributed by atoms with Crippen LogP contribution < -0.4 is 5.73 Å². The van der Waals surface area contributed by atoms with Crippen molar-refractivity contribution in [2.24, 2.45) is 5.73 Å². The van der Waals surface area contributed by atoms with E-state index in [1.54, 1.807) is 0 Å². The average Bonchev–Trinajstić information content (AvgIpc) is 3.23. The molecule has 0 bridgehead atoms. The van der Waals surface area contributed by atoms with Crippen molar-refractivity contribution in [3.8, 4) is 0 Å². The van der Waals surface area contributed by atoms with E-state index in [0.29, 0.717) is 13.0 Å². The van der Waals surface area contributed by atoms with Gasteiger partial charge in [-0.25, -0.2) is 4.57 Å². The summed E-state index contributed by atoms with van der Waals surface area (Å²) in [5, 5.41) is 8.91. The Bertz CT molecular complexity index is 1270. The van der Waals surface area contributed by atoms with Crippen LogP contribution in [0.5, 0.6) is 0 Å². The van der Waals surface area contributed by atoms with Crippen LogP contribution >= 0.6 is 7.82 Å². The number of ether oxygens (including phenoxy) is 2. The zero-order valence-corrected chi connectivity index (χ0v) is 38.4. The summed E-state index contributed by atoms with van der Waals surface area (Å²) in [6.07, 6.45) is 56.4. The van der Waals surface area contributed by atoms with Gasteiger partial charge in [0.1, 0.15) is 12.1 Å². The van der Waals surface area contributed by atoms with E-state index >= 15 is 0 Å². The molecule has 0 aromatic carbocycles. The number of carboxylic acid groups (broad SMARTS) is 1. The fourth-order valence-electron chi connectivity index (χ4n) is 5.84. The Hall–Kier alpha value is -2.85. The molecule has 0 saturated carbocycles. The van der Waals surface area contributed by atoms with Crippen LogP contribution in [0.1, 0.15) is 174 Å². The normalized spacial score (nSPS) is 14.6. The smallest absolute Gasteiger partial charge is 0.472 e. The molecule has 0 aromatic heterocycles. The first-order valence-corrected chi connectivity index (χ1v) is 24.6. The highest BCUT2D eigenvalue weighted by Crippen LogP contribution is 2.43. The van der Waals surface area contributed by atoms with Gasteiger partial charge in [-0.2, -0.15) is 0 Å². The van der Waals surface area contributed by atoms with Crippen molar-refractivity contribution in [3.63, 3.8) is 0 Å². The molecule has 0 aliphatic heterocycles. The monoisotopic (exact) mass is 862 g/mol. The zero-order valence-electron chi connectivity index (χ0n) is 37.5. The summed E-state index contributed by atoms with van der Waals surface area (Å²) in [4.78, 5) is 33.6. The summed E-state index contributed by atoms with van der Waals surface area (Å²) in [5.74, 6) is -1.83. The van der Waals surface area contributed by atoms with Gasteiger partial charge in [-0.3, -0.25) is 18.6 Å². The van der Waals surface area contributed by atoms with E-state index in [1.807, 2.05) is 0 Å². The summed E-state index contributed by atoms with van der Waals surface area (Å²) in [6.45, 7) is 3.69. The van der Waals surface area contributed by atoms with Crippen LogP contribution in [0.15, 0.2) is 85.1 Å². The van der Waals surface area contributed by atoms with E-state index in [0.717, 1.165) is 77.0 Å². The predicted octanol–water partition coefficient (Wildman–Crippen LogP) is 13.1. The minimum atomic E-state index is -4.64. The molecule has 0 heterocycles. The van der Waals surface area contributed by atoms with Crippen LogP contribution in [0.25, 0.3) is 0 Å². The lowest BCUT2D eigenvalue weighted by Gasteiger charge is -2.20. The molecule has 11 heteroatoms. The second kappa shape index (κ2) is 44.2. The molecule has 0 saturated heterocycles. The molecule has 0 radical (unpaired) electrons. The van der Waals surface area contributed by atoms with Crippen molar-refractivity contribution in [3.05, 3.63) is 85.1 Å². The minimum Gasteiger partial charge on any atom is -0.480 e. The summed E-state index contributed by atoms with van der Waals surface area (Å²) in [6, 6.07) is -1.49. The molecule has 0 amide bonds. The fourth-order valence-corrected chi connectivity index (χ4v) is 6.61. The fraction of sp³-hybridized carbons (Fsp3) is 0.673. The number of nitrogens with two attached hydrogens (primary N) is 1. The number of unbranched alkanes of at least 4 members (excludes halogenated alkanes) is 15. The number of hydrogen-bond donors (Lipinski definition) is 3. The number of phosphoric acid groups is 1. The molecule has 3 atom stereocenters. The van der Waals surface area contributed by atoms with E-state index < -0.39 is 45.1 Å². The van der Waals surface area contributed by atoms with Gasteiger partial charge in [0.2, 0.25) is 0 Å². The largest absolute Gasteiger partial charge is 0.480 e. The lowest BCUT2D eigenvalue weighted by molar-refractivity contribution is -0.154. The number of esters is 1. The van der Waals surface area contributed by atoms with Crippen LogP contribution in [0.3, 0.4) is 0 Å². The number of carbonyl (C=O) groups is 2. The summed E-state index contributed by atoms with van der Waals surface area (Å²) in [7, 11) is -4.64. The third-order valence-corrected chi connectivity index (χ3v) is 10.4. The van der Waals surface area contributed by atoms with Crippen LogP contribution in [-0.2, 0) is 32.7 Å². The van der Waals surface area contributed by atoms with E-state index in [4.69, 9.17) is 29.4 Å². The molecule has 0 aromatic rings. The molecule has 4 N–H and O–H groups in total. The second-order valence-electron chi connectivity index (χ2n) is 15.1. The number of carboxylic acids is 1. The highest BCUT2D eigenvalue weighted by atomic mass is 31.2. The van der Waals surface area contributed by atoms with Gasteiger partial charge in [-0.05, 0) is 89.9 Å². The number of carbonyl (C=O) groups excluding carboxylic acids is 1. The maximum atomic E-state index is 12.6. The van der Waals surface area contributed by atoms with Gasteiger partial charge < -0.3 is 25.2 Å². The van der Waals surface area contributed by atoms with E-state index in [-0.39, 0.29) is 13.0 Å². The number of rotatable bonds is 43. The van der Waals surface area contributed by atoms with Crippen LogP contribution in [0.2, 0.25) is 0 Å². The van der Waals surface area contributed by atoms with Gasteiger partial charge in [0.25, 0.3) is 0 Å². The summed E-state index contributed by atoms with van der Waals surface area (Å²) in [5.41, 5.74) is 5.36. The van der Waals surface area contributed by atoms with E-state index in [9.17, 15) is 19.0 Å². The lowest BCUT2D eigenvalue weighted by Crippen LogP contribution is -2.34. The Kier molecular flexibility index (Phi) is 42.1. The lowest BCUT2D eigenvalue weighted by atomic mass is 10.1. The minimum absolute atomic E-state index is 0.00981. The third kappa shape index (κ3) is 43.2. The van der Waals surface area contributed by atoms with Gasteiger partial charge in [-0.15, -0.1) is 0 Å². The van der Waals surface area contributed by atoms with Crippen molar-refractivity contribution < 1.29 is 42.7 Å². The van der Waals surface area contributed by atoms with Gasteiger partial charge in [0.05, 0.1) is 19.8 Å². The van der Waals surface area contributed by atoms with Gasteiger partial charge in [0.15, 0.2) is 0 Å². The standard InChI is InChI=1S/C49H84NO9P/c1-3-5-7-9-11-13-15-17-19-21-22-23-24-25-27-29-31-33-35-37-39-41-48(51)59-46(44-57-60(54,55)58-45-47(50)49(52)53)43-56-42-40-38-36-34-32-30-28-26-20-18-16-14-12-10-8-6-4-2/h5,7,11,13,17,19-20,22-23,25-27,31,33,46-47H,3-4,6,8-10,12,14-16,18,21,24,28-30,32,34-45,50H2,1-2H3,(H,52,53)(H,54,55)/b7-5-,13-11-,19-17-,23-22-,26-20-,27-25-,33-31-. The predicted molar refractivity (Wildman–Crippen MR) is 249 cm³/mol. The molecule has 0 fully saturated rings. The Balaban J connectivity index is 4.33. The van der Waals surface area contributed by atoms with Crippen molar-refractivity contribution in [1.82, 2.24) is 0 Å². The molecular formula is C49H84NO9P. The number of aliphatic carboxylic acids is 1. The highest BCUT2D eigenvalue weighted by Gasteiger charge is 2.27. The highest BCUT2D eigenvalue weighted by molar-refractivity contribution is 7.47. The molecular weight excluding hydrogens is 778 g/mol. The Morgan fingerprint density at radius 3 is 1.47 bits per heavy atom. The van der Waals surface area contributed by atoms with Crippen molar-refractivity contribution >= 4 is 19.8 Å². The number of hydrogen-bond acceptors (Lipinski definition) is 8. The Morgan fingerprint density at radius 2 is 0.967 bits per heavy atom. The maximum Gasteiger partial charge on any atom is 0.472 e. The zero-order chi connectivity index (χ0) is 44.0. The van der Waals surface area contributed by atoms with Crippen LogP contribution in [0.4, 0.5) is 0 Å². The first-order valence-electron chi connectivity index (χ1n) is 23.1. The molecule has 10 nitrogen and oxygen atoms in total. The Labute approximate surface area is 365 Å². The quantitative estimate of drug-likeness (QED) is 0.0233. The maximum absolute atomic E-state index is 12.6.